The Hall–Kier alpha value is -2.19. The van der Waals surface area contributed by atoms with Crippen molar-refractivity contribution in [1.29, 1.82) is 0 Å². The molecule has 0 bridgehead atoms. The van der Waals surface area contributed by atoms with Crippen molar-refractivity contribution in [2.45, 2.75) is 11.4 Å². The first kappa shape index (κ1) is 17.6. The Morgan fingerprint density at radius 1 is 1.16 bits per heavy atom. The van der Waals surface area contributed by atoms with E-state index in [0.717, 1.165) is 15.8 Å². The molecule has 0 saturated heterocycles. The quantitative estimate of drug-likeness (QED) is 0.679. The zero-order valence-corrected chi connectivity index (χ0v) is 16.1. The Bertz CT molecular complexity index is 1040. The zero-order valence-electron chi connectivity index (χ0n) is 13.7. The van der Waals surface area contributed by atoms with E-state index in [0.29, 0.717) is 23.3 Å². The van der Waals surface area contributed by atoms with Gasteiger partial charge in [0.25, 0.3) is 0 Å². The van der Waals surface area contributed by atoms with Gasteiger partial charge in [-0.1, -0.05) is 6.07 Å². The van der Waals surface area contributed by atoms with E-state index in [2.05, 4.69) is 31.2 Å². The number of ether oxygens (including phenoxy) is 1. The van der Waals surface area contributed by atoms with Crippen LogP contribution in [-0.4, -0.2) is 31.8 Å². The van der Waals surface area contributed by atoms with Crippen molar-refractivity contribution in [3.8, 4) is 5.75 Å². The summed E-state index contributed by atoms with van der Waals surface area (Å²) in [5.74, 6) is 1.34. The molecular formula is C17H16BrN3O3S. The van der Waals surface area contributed by atoms with Crippen molar-refractivity contribution in [1.82, 2.24) is 9.97 Å². The molecule has 1 aromatic heterocycles. The highest BCUT2D eigenvalue weighted by atomic mass is 79.9. The zero-order chi connectivity index (χ0) is 18.0. The normalized spacial score (nSPS) is 11.5. The van der Waals surface area contributed by atoms with Gasteiger partial charge in [0, 0.05) is 18.2 Å². The van der Waals surface area contributed by atoms with Gasteiger partial charge >= 0.3 is 0 Å². The molecule has 0 spiro atoms. The predicted octanol–water partition coefficient (Wildman–Crippen LogP) is 3.42. The second kappa shape index (κ2) is 6.97. The van der Waals surface area contributed by atoms with Gasteiger partial charge in [0.15, 0.2) is 9.84 Å². The molecule has 130 valence electrons. The monoisotopic (exact) mass is 421 g/mol. The number of hydrogen-bond acceptors (Lipinski definition) is 6. The molecule has 3 rings (SSSR count). The molecule has 1 heterocycles. The molecule has 0 atom stereocenters. The molecule has 0 radical (unpaired) electrons. The van der Waals surface area contributed by atoms with E-state index in [9.17, 15) is 8.42 Å². The second-order valence-electron chi connectivity index (χ2n) is 5.50. The summed E-state index contributed by atoms with van der Waals surface area (Å²) in [6, 6.07) is 10.6. The standard InChI is InChI=1S/C17H16BrN3O3S/c1-24-16-6-3-11(7-14(16)18)9-19-17-13-8-12(25(2,22)23)4-5-15(13)20-10-21-17/h3-8,10H,9H2,1-2H3,(H,19,20,21). The van der Waals surface area contributed by atoms with Gasteiger partial charge in [0.1, 0.15) is 17.9 Å². The topological polar surface area (TPSA) is 81.2 Å². The molecular weight excluding hydrogens is 406 g/mol. The van der Waals surface area contributed by atoms with E-state index in [1.54, 1.807) is 25.3 Å². The van der Waals surface area contributed by atoms with E-state index in [1.165, 1.54) is 12.6 Å². The van der Waals surface area contributed by atoms with E-state index < -0.39 is 9.84 Å². The smallest absolute Gasteiger partial charge is 0.175 e. The van der Waals surface area contributed by atoms with Crippen molar-refractivity contribution < 1.29 is 13.2 Å². The van der Waals surface area contributed by atoms with Crippen molar-refractivity contribution in [2.24, 2.45) is 0 Å². The van der Waals surface area contributed by atoms with E-state index in [1.807, 2.05) is 18.2 Å². The average Bonchev–Trinajstić information content (AvgIpc) is 2.58. The highest BCUT2D eigenvalue weighted by molar-refractivity contribution is 9.10. The molecule has 2 aromatic carbocycles. The number of benzene rings is 2. The first-order valence-electron chi connectivity index (χ1n) is 7.39. The maximum atomic E-state index is 11.8. The van der Waals surface area contributed by atoms with Gasteiger partial charge < -0.3 is 10.1 Å². The number of methoxy groups -OCH3 is 1. The summed E-state index contributed by atoms with van der Waals surface area (Å²) in [7, 11) is -1.68. The summed E-state index contributed by atoms with van der Waals surface area (Å²) in [6.07, 6.45) is 2.63. The lowest BCUT2D eigenvalue weighted by atomic mass is 10.2. The molecule has 25 heavy (non-hydrogen) atoms. The van der Waals surface area contributed by atoms with Crippen molar-refractivity contribution in [2.75, 3.05) is 18.7 Å². The fraction of sp³-hybridized carbons (Fsp3) is 0.176. The van der Waals surface area contributed by atoms with Crippen LogP contribution in [0.5, 0.6) is 5.75 Å². The van der Waals surface area contributed by atoms with Crippen molar-refractivity contribution in [3.05, 3.63) is 52.8 Å². The summed E-state index contributed by atoms with van der Waals surface area (Å²) in [5, 5.41) is 3.90. The molecule has 0 aliphatic carbocycles. The largest absolute Gasteiger partial charge is 0.496 e. The molecule has 0 unspecified atom stereocenters. The third-order valence-corrected chi connectivity index (χ3v) is 5.44. The van der Waals surface area contributed by atoms with Gasteiger partial charge in [-0.15, -0.1) is 0 Å². The van der Waals surface area contributed by atoms with Gasteiger partial charge in [-0.05, 0) is 51.8 Å². The van der Waals surface area contributed by atoms with E-state index >= 15 is 0 Å². The Morgan fingerprint density at radius 3 is 2.64 bits per heavy atom. The summed E-state index contributed by atoms with van der Waals surface area (Å²) < 4.78 is 29.7. The second-order valence-corrected chi connectivity index (χ2v) is 8.37. The molecule has 0 amide bonds. The minimum atomic E-state index is -3.29. The maximum Gasteiger partial charge on any atom is 0.175 e. The first-order valence-corrected chi connectivity index (χ1v) is 10.1. The van der Waals surface area contributed by atoms with Crippen LogP contribution in [0.3, 0.4) is 0 Å². The number of rotatable bonds is 5. The van der Waals surface area contributed by atoms with Gasteiger partial charge in [0.2, 0.25) is 0 Å². The lowest BCUT2D eigenvalue weighted by Gasteiger charge is -2.10. The summed E-state index contributed by atoms with van der Waals surface area (Å²) >= 11 is 3.46. The molecule has 1 N–H and O–H groups in total. The number of sulfone groups is 1. The molecule has 0 aliphatic heterocycles. The average molecular weight is 422 g/mol. The Labute approximate surface area is 154 Å². The Balaban J connectivity index is 1.92. The van der Waals surface area contributed by atoms with Crippen LogP contribution in [-0.2, 0) is 16.4 Å². The number of nitrogens with one attached hydrogen (secondary N) is 1. The Morgan fingerprint density at radius 2 is 1.96 bits per heavy atom. The highest BCUT2D eigenvalue weighted by Crippen LogP contribution is 2.27. The minimum absolute atomic E-state index is 0.241. The summed E-state index contributed by atoms with van der Waals surface area (Å²) in [6.45, 7) is 0.526. The number of halogens is 1. The number of hydrogen-bond donors (Lipinski definition) is 1. The number of aromatic nitrogens is 2. The van der Waals surface area contributed by atoms with Crippen LogP contribution in [0.15, 0.2) is 52.1 Å². The third-order valence-electron chi connectivity index (χ3n) is 3.71. The Kier molecular flexibility index (Phi) is 4.91. The van der Waals surface area contributed by atoms with Crippen molar-refractivity contribution in [3.63, 3.8) is 0 Å². The van der Waals surface area contributed by atoms with Gasteiger partial charge in [0.05, 0.1) is 22.0 Å². The van der Waals surface area contributed by atoms with Crippen LogP contribution in [0, 0.1) is 0 Å². The third kappa shape index (κ3) is 3.91. The first-order chi connectivity index (χ1) is 11.9. The van der Waals surface area contributed by atoms with Gasteiger partial charge in [-0.3, -0.25) is 0 Å². The summed E-state index contributed by atoms with van der Waals surface area (Å²) in [5.41, 5.74) is 1.71. The summed E-state index contributed by atoms with van der Waals surface area (Å²) in [4.78, 5) is 8.68. The number of fused-ring (bicyclic) bond motifs is 1. The molecule has 8 heteroatoms. The van der Waals surface area contributed by atoms with Crippen LogP contribution in [0.25, 0.3) is 10.9 Å². The fourth-order valence-electron chi connectivity index (χ4n) is 2.41. The van der Waals surface area contributed by atoms with Crippen LogP contribution in [0.4, 0.5) is 5.82 Å². The maximum absolute atomic E-state index is 11.8. The fourth-order valence-corrected chi connectivity index (χ4v) is 3.65. The van der Waals surface area contributed by atoms with Gasteiger partial charge in [-0.2, -0.15) is 0 Å². The van der Waals surface area contributed by atoms with Crippen LogP contribution < -0.4 is 10.1 Å². The lowest BCUT2D eigenvalue weighted by Crippen LogP contribution is -2.04. The number of anilines is 1. The lowest BCUT2D eigenvalue weighted by molar-refractivity contribution is 0.412. The molecule has 0 aliphatic rings. The van der Waals surface area contributed by atoms with E-state index in [4.69, 9.17) is 4.74 Å². The molecule has 0 fully saturated rings. The SMILES string of the molecule is COc1ccc(CNc2ncnc3ccc(S(C)(=O)=O)cc23)cc1Br. The molecule has 0 saturated carbocycles. The number of nitrogens with zero attached hydrogens (tertiary/aromatic N) is 2. The van der Waals surface area contributed by atoms with Crippen LogP contribution >= 0.6 is 15.9 Å². The van der Waals surface area contributed by atoms with Crippen molar-refractivity contribution >= 4 is 42.5 Å². The molecule has 6 nitrogen and oxygen atoms in total. The van der Waals surface area contributed by atoms with Crippen LogP contribution in [0.2, 0.25) is 0 Å². The predicted molar refractivity (Wildman–Crippen MR) is 101 cm³/mol. The molecule has 3 aromatic rings. The van der Waals surface area contributed by atoms with E-state index in [-0.39, 0.29) is 4.90 Å². The van der Waals surface area contributed by atoms with Crippen LogP contribution in [0.1, 0.15) is 5.56 Å². The van der Waals surface area contributed by atoms with Gasteiger partial charge in [-0.25, -0.2) is 18.4 Å². The highest BCUT2D eigenvalue weighted by Gasteiger charge is 2.11. The minimum Gasteiger partial charge on any atom is -0.496 e.